The van der Waals surface area contributed by atoms with E-state index in [0.717, 1.165) is 16.3 Å². The molecule has 4 heteroatoms. The number of benzene rings is 3. The second-order valence-corrected chi connectivity index (χ2v) is 5.27. The highest BCUT2D eigenvalue weighted by molar-refractivity contribution is 6.08. The zero-order chi connectivity index (χ0) is 16.2. The Morgan fingerprint density at radius 3 is 2.74 bits per heavy atom. The fourth-order valence-corrected chi connectivity index (χ4v) is 2.51. The average molecular weight is 304 g/mol. The first kappa shape index (κ1) is 14.8. The minimum atomic E-state index is -0.254. The van der Waals surface area contributed by atoms with Gasteiger partial charge in [-0.3, -0.25) is 4.79 Å². The van der Waals surface area contributed by atoms with Crippen molar-refractivity contribution >= 4 is 22.9 Å². The van der Waals surface area contributed by atoms with E-state index >= 15 is 0 Å². The Hall–Kier alpha value is -3.14. The number of phenolic OH excluding ortho intramolecular Hbond substituents is 1. The van der Waals surface area contributed by atoms with Crippen molar-refractivity contribution in [3.63, 3.8) is 0 Å². The van der Waals surface area contributed by atoms with Crippen molar-refractivity contribution < 1.29 is 9.90 Å². The number of carbonyl (C=O) groups is 1. The maximum absolute atomic E-state index is 12.5. The number of phenols is 1. The highest BCUT2D eigenvalue weighted by atomic mass is 16.3. The molecular weight excluding hydrogens is 288 g/mol. The van der Waals surface area contributed by atoms with E-state index in [1.54, 1.807) is 24.3 Å². The van der Waals surface area contributed by atoms with Gasteiger partial charge in [-0.2, -0.15) is 5.10 Å². The smallest absolute Gasteiger partial charge is 0.272 e. The first-order valence-corrected chi connectivity index (χ1v) is 7.26. The lowest BCUT2D eigenvalue weighted by molar-refractivity contribution is 0.0956. The summed E-state index contributed by atoms with van der Waals surface area (Å²) >= 11 is 0. The lowest BCUT2D eigenvalue weighted by Crippen LogP contribution is -2.19. The summed E-state index contributed by atoms with van der Waals surface area (Å²) in [6.07, 6.45) is 1.50. The van der Waals surface area contributed by atoms with Gasteiger partial charge >= 0.3 is 0 Å². The molecule has 2 N–H and O–H groups in total. The predicted molar refractivity (Wildman–Crippen MR) is 91.9 cm³/mol. The molecule has 0 spiro atoms. The zero-order valence-corrected chi connectivity index (χ0v) is 12.7. The number of amides is 1. The van der Waals surface area contributed by atoms with Gasteiger partial charge in [-0.15, -0.1) is 0 Å². The lowest BCUT2D eigenvalue weighted by atomic mass is 9.99. The molecule has 0 atom stereocenters. The van der Waals surface area contributed by atoms with Crippen LogP contribution < -0.4 is 5.43 Å². The molecule has 0 radical (unpaired) electrons. The molecule has 0 aliphatic rings. The fourth-order valence-electron chi connectivity index (χ4n) is 2.51. The van der Waals surface area contributed by atoms with Crippen LogP contribution in [0.25, 0.3) is 10.8 Å². The molecule has 4 nitrogen and oxygen atoms in total. The van der Waals surface area contributed by atoms with Crippen LogP contribution >= 0.6 is 0 Å². The van der Waals surface area contributed by atoms with E-state index in [4.69, 9.17) is 0 Å². The average Bonchev–Trinajstić information content (AvgIpc) is 2.54. The van der Waals surface area contributed by atoms with Crippen LogP contribution in [0.4, 0.5) is 0 Å². The number of rotatable bonds is 3. The minimum Gasteiger partial charge on any atom is -0.508 e. The van der Waals surface area contributed by atoms with Crippen LogP contribution in [-0.2, 0) is 0 Å². The third kappa shape index (κ3) is 3.21. The summed E-state index contributed by atoms with van der Waals surface area (Å²) < 4.78 is 0. The summed E-state index contributed by atoms with van der Waals surface area (Å²) in [7, 11) is 0. The molecule has 114 valence electrons. The van der Waals surface area contributed by atoms with Gasteiger partial charge in [-0.1, -0.05) is 48.5 Å². The molecule has 23 heavy (non-hydrogen) atoms. The Morgan fingerprint density at radius 2 is 1.91 bits per heavy atom. The zero-order valence-electron chi connectivity index (χ0n) is 12.7. The van der Waals surface area contributed by atoms with Gasteiger partial charge in [0.1, 0.15) is 5.75 Å². The van der Waals surface area contributed by atoms with Gasteiger partial charge in [0.2, 0.25) is 0 Å². The number of hydrogen-bond donors (Lipinski definition) is 2. The Balaban J connectivity index is 1.85. The van der Waals surface area contributed by atoms with Gasteiger partial charge in [0, 0.05) is 0 Å². The molecule has 0 heterocycles. The molecule has 3 aromatic carbocycles. The van der Waals surface area contributed by atoms with E-state index in [0.29, 0.717) is 11.1 Å². The number of aromatic hydroxyl groups is 1. The van der Waals surface area contributed by atoms with E-state index in [2.05, 4.69) is 10.5 Å². The minimum absolute atomic E-state index is 0.158. The second-order valence-electron chi connectivity index (χ2n) is 5.27. The molecule has 0 aliphatic heterocycles. The van der Waals surface area contributed by atoms with Gasteiger partial charge in [-0.25, -0.2) is 5.43 Å². The van der Waals surface area contributed by atoms with E-state index in [1.165, 1.54) is 6.21 Å². The van der Waals surface area contributed by atoms with Crippen LogP contribution in [0.15, 0.2) is 65.8 Å². The number of nitrogens with one attached hydrogen (secondary N) is 1. The van der Waals surface area contributed by atoms with Crippen molar-refractivity contribution in [1.82, 2.24) is 5.43 Å². The van der Waals surface area contributed by atoms with Crippen LogP contribution in [0.1, 0.15) is 21.5 Å². The largest absolute Gasteiger partial charge is 0.508 e. The van der Waals surface area contributed by atoms with Gasteiger partial charge in [0.25, 0.3) is 5.91 Å². The van der Waals surface area contributed by atoms with Crippen molar-refractivity contribution in [1.29, 1.82) is 0 Å². The maximum Gasteiger partial charge on any atom is 0.272 e. The van der Waals surface area contributed by atoms with E-state index in [1.807, 2.05) is 43.3 Å². The molecule has 1 amide bonds. The highest BCUT2D eigenvalue weighted by Crippen LogP contribution is 2.22. The topological polar surface area (TPSA) is 61.7 Å². The van der Waals surface area contributed by atoms with E-state index < -0.39 is 0 Å². The molecule has 0 saturated carbocycles. The van der Waals surface area contributed by atoms with Crippen molar-refractivity contribution in [3.05, 3.63) is 77.4 Å². The van der Waals surface area contributed by atoms with Gasteiger partial charge in [-0.05, 0) is 41.0 Å². The molecule has 0 aromatic heterocycles. The van der Waals surface area contributed by atoms with Crippen LogP contribution in [0.3, 0.4) is 0 Å². The molecular formula is C19H16N2O2. The first-order valence-electron chi connectivity index (χ1n) is 7.26. The number of hydrazone groups is 1. The molecule has 0 unspecified atom stereocenters. The highest BCUT2D eigenvalue weighted by Gasteiger charge is 2.12. The van der Waals surface area contributed by atoms with Crippen molar-refractivity contribution in [2.75, 3.05) is 0 Å². The molecule has 0 fully saturated rings. The van der Waals surface area contributed by atoms with Crippen LogP contribution in [-0.4, -0.2) is 17.2 Å². The molecule has 0 aliphatic carbocycles. The van der Waals surface area contributed by atoms with E-state index in [9.17, 15) is 9.90 Å². The second kappa shape index (κ2) is 6.32. The van der Waals surface area contributed by atoms with Gasteiger partial charge in [0.05, 0.1) is 11.8 Å². The summed E-state index contributed by atoms with van der Waals surface area (Å²) in [6.45, 7) is 1.90. The summed E-state index contributed by atoms with van der Waals surface area (Å²) in [4.78, 5) is 12.5. The number of carbonyl (C=O) groups excluding carboxylic acids is 1. The number of fused-ring (bicyclic) bond motifs is 1. The summed E-state index contributed by atoms with van der Waals surface area (Å²) in [6, 6.07) is 18.3. The molecule has 0 bridgehead atoms. The number of hydrogen-bond acceptors (Lipinski definition) is 3. The quantitative estimate of drug-likeness (QED) is 0.573. The number of nitrogens with zero attached hydrogens (tertiary/aromatic N) is 1. The van der Waals surface area contributed by atoms with Crippen LogP contribution in [0.5, 0.6) is 5.75 Å². The summed E-state index contributed by atoms with van der Waals surface area (Å²) in [5.74, 6) is -0.0964. The monoisotopic (exact) mass is 304 g/mol. The van der Waals surface area contributed by atoms with Gasteiger partial charge in [0.15, 0.2) is 0 Å². The Bertz CT molecular complexity index is 901. The standard InChI is InChI=1S/C19H16N2O2/c1-13-9-10-15-6-2-3-8-17(15)18(13)19(23)21-20-12-14-5-4-7-16(22)11-14/h2-12,22H,1H3,(H,21,23)/b20-12-. The van der Waals surface area contributed by atoms with Crippen LogP contribution in [0.2, 0.25) is 0 Å². The third-order valence-electron chi connectivity index (χ3n) is 3.61. The van der Waals surface area contributed by atoms with Crippen molar-refractivity contribution in [2.45, 2.75) is 6.92 Å². The van der Waals surface area contributed by atoms with Crippen LogP contribution in [0, 0.1) is 6.92 Å². The van der Waals surface area contributed by atoms with E-state index in [-0.39, 0.29) is 11.7 Å². The number of aryl methyl sites for hydroxylation is 1. The molecule has 3 rings (SSSR count). The Morgan fingerprint density at radius 1 is 1.09 bits per heavy atom. The molecule has 3 aromatic rings. The first-order chi connectivity index (χ1) is 11.1. The Kier molecular flexibility index (Phi) is 4.06. The normalized spacial score (nSPS) is 11.0. The summed E-state index contributed by atoms with van der Waals surface area (Å²) in [5, 5.41) is 15.3. The SMILES string of the molecule is Cc1ccc2ccccc2c1C(=O)N/N=C\c1cccc(O)c1. The third-order valence-corrected chi connectivity index (χ3v) is 3.61. The fraction of sp³-hybridized carbons (Fsp3) is 0.0526. The van der Waals surface area contributed by atoms with Crippen molar-refractivity contribution in [3.8, 4) is 5.75 Å². The Labute approximate surface area is 134 Å². The maximum atomic E-state index is 12.5. The molecule has 0 saturated heterocycles. The van der Waals surface area contributed by atoms with Gasteiger partial charge < -0.3 is 5.11 Å². The lowest BCUT2D eigenvalue weighted by Gasteiger charge is -2.08. The summed E-state index contributed by atoms with van der Waals surface area (Å²) in [5.41, 5.74) is 4.78. The predicted octanol–water partition coefficient (Wildman–Crippen LogP) is 3.62. The van der Waals surface area contributed by atoms with Crippen molar-refractivity contribution in [2.24, 2.45) is 5.10 Å².